The second-order valence-electron chi connectivity index (χ2n) is 5.02. The maximum atomic E-state index is 13.2. The molecule has 4 N–H and O–H groups in total. The average Bonchev–Trinajstić information content (AvgIpc) is 2.78. The Kier molecular flexibility index (Phi) is 5.19. The van der Waals surface area contributed by atoms with Crippen LogP contribution in [-0.4, -0.2) is 15.7 Å². The lowest BCUT2D eigenvalue weighted by molar-refractivity contribution is -0.142. The molecule has 0 saturated heterocycles. The van der Waals surface area contributed by atoms with E-state index in [-0.39, 0.29) is 10.6 Å². The molecule has 0 aliphatic carbocycles. The number of nitrogens with zero attached hydrogens (tertiary/aromatic N) is 2. The van der Waals surface area contributed by atoms with Gasteiger partial charge in [0.1, 0.15) is 10.8 Å². The van der Waals surface area contributed by atoms with Gasteiger partial charge in [-0.1, -0.05) is 11.8 Å². The first-order valence-electron chi connectivity index (χ1n) is 6.71. The molecule has 2 aromatic rings. The maximum Gasteiger partial charge on any atom is 0.435 e. The molecule has 1 aromatic carbocycles. The van der Waals surface area contributed by atoms with Crippen LogP contribution in [0, 0.1) is 5.82 Å². The molecule has 2 rings (SSSR count). The van der Waals surface area contributed by atoms with E-state index in [9.17, 15) is 22.4 Å². The summed E-state index contributed by atoms with van der Waals surface area (Å²) in [7, 11) is 1.33. The van der Waals surface area contributed by atoms with Crippen LogP contribution in [0.5, 0.6) is 0 Å². The van der Waals surface area contributed by atoms with Gasteiger partial charge in [-0.2, -0.15) is 18.3 Å². The normalized spacial score (nSPS) is 13.1. The summed E-state index contributed by atoms with van der Waals surface area (Å²) in [6.07, 6.45) is -5.18. The van der Waals surface area contributed by atoms with Gasteiger partial charge in [-0.15, -0.1) is 0 Å². The Morgan fingerprint density at radius 1 is 1.33 bits per heavy atom. The number of hydrogen-bond donors (Lipinski definition) is 2. The number of hydrogen-bond acceptors (Lipinski definition) is 4. The van der Waals surface area contributed by atoms with Crippen LogP contribution in [-0.2, 0) is 18.0 Å². The van der Waals surface area contributed by atoms with Crippen LogP contribution in [0.2, 0.25) is 0 Å². The molecule has 0 aliphatic rings. The van der Waals surface area contributed by atoms with E-state index in [0.29, 0.717) is 4.90 Å². The van der Waals surface area contributed by atoms with Gasteiger partial charge in [-0.3, -0.25) is 9.48 Å². The Morgan fingerprint density at radius 3 is 2.42 bits per heavy atom. The highest BCUT2D eigenvalue weighted by Gasteiger charge is 2.40. The smallest absolute Gasteiger partial charge is 0.370 e. The van der Waals surface area contributed by atoms with E-state index < -0.39 is 36.1 Å². The lowest BCUT2D eigenvalue weighted by Gasteiger charge is -2.14. The van der Waals surface area contributed by atoms with Gasteiger partial charge < -0.3 is 11.5 Å². The Bertz CT molecular complexity index is 742. The van der Waals surface area contributed by atoms with Crippen LogP contribution in [0.1, 0.15) is 23.7 Å². The molecular formula is C14H14F4N4OS. The van der Waals surface area contributed by atoms with Crippen LogP contribution in [0.3, 0.4) is 0 Å². The highest BCUT2D eigenvalue weighted by Crippen LogP contribution is 2.41. The Balaban J connectivity index is 2.51. The molecule has 0 radical (unpaired) electrons. The molecule has 130 valence electrons. The van der Waals surface area contributed by atoms with E-state index in [1.54, 1.807) is 0 Å². The summed E-state index contributed by atoms with van der Waals surface area (Å²) in [6.45, 7) is 0. The van der Waals surface area contributed by atoms with Crippen LogP contribution in [0.15, 0.2) is 34.2 Å². The number of rotatable bonds is 5. The second kappa shape index (κ2) is 6.81. The van der Waals surface area contributed by atoms with E-state index in [4.69, 9.17) is 11.5 Å². The molecule has 1 amide bonds. The topological polar surface area (TPSA) is 86.9 Å². The minimum atomic E-state index is -4.73. The number of aryl methyl sites for hydroxylation is 1. The quantitative estimate of drug-likeness (QED) is 0.801. The summed E-state index contributed by atoms with van der Waals surface area (Å²) in [5, 5.41) is 3.60. The van der Waals surface area contributed by atoms with Gasteiger partial charge in [-0.25, -0.2) is 4.39 Å². The van der Waals surface area contributed by atoms with Crippen LogP contribution >= 0.6 is 11.8 Å². The number of halogens is 4. The van der Waals surface area contributed by atoms with Gasteiger partial charge in [0, 0.05) is 30.0 Å². The van der Waals surface area contributed by atoms with Crippen molar-refractivity contribution in [1.29, 1.82) is 0 Å². The largest absolute Gasteiger partial charge is 0.435 e. The fourth-order valence-electron chi connectivity index (χ4n) is 2.12. The van der Waals surface area contributed by atoms with Gasteiger partial charge in [0.2, 0.25) is 5.91 Å². The molecule has 0 aliphatic heterocycles. The van der Waals surface area contributed by atoms with Gasteiger partial charge in [0.15, 0.2) is 5.69 Å². The SMILES string of the molecule is Cn1nc(C(F)(F)F)c(C(N)CC(N)=O)c1Sc1ccc(F)cc1. The lowest BCUT2D eigenvalue weighted by atomic mass is 10.0. The van der Waals surface area contributed by atoms with Crippen LogP contribution < -0.4 is 11.5 Å². The van der Waals surface area contributed by atoms with Crippen LogP contribution in [0.4, 0.5) is 17.6 Å². The van der Waals surface area contributed by atoms with Gasteiger partial charge >= 0.3 is 6.18 Å². The average molecular weight is 362 g/mol. The summed E-state index contributed by atoms with van der Waals surface area (Å²) < 4.78 is 53.7. The summed E-state index contributed by atoms with van der Waals surface area (Å²) in [5.74, 6) is -1.29. The Morgan fingerprint density at radius 2 is 1.92 bits per heavy atom. The third-order valence-corrected chi connectivity index (χ3v) is 4.30. The number of amides is 1. The van der Waals surface area contributed by atoms with Crippen molar-refractivity contribution in [2.75, 3.05) is 0 Å². The van der Waals surface area contributed by atoms with Crippen molar-refractivity contribution in [3.05, 3.63) is 41.3 Å². The van der Waals surface area contributed by atoms with E-state index in [1.165, 1.54) is 31.3 Å². The molecule has 0 spiro atoms. The molecule has 0 bridgehead atoms. The van der Waals surface area contributed by atoms with Crippen molar-refractivity contribution >= 4 is 17.7 Å². The van der Waals surface area contributed by atoms with Crippen molar-refractivity contribution < 1.29 is 22.4 Å². The number of carbonyl (C=O) groups is 1. The molecule has 1 unspecified atom stereocenters. The maximum absolute atomic E-state index is 13.2. The number of aromatic nitrogens is 2. The number of benzene rings is 1. The molecule has 24 heavy (non-hydrogen) atoms. The summed E-state index contributed by atoms with van der Waals surface area (Å²) in [6, 6.07) is 3.96. The summed E-state index contributed by atoms with van der Waals surface area (Å²) >= 11 is 0.944. The molecule has 5 nitrogen and oxygen atoms in total. The molecule has 1 aromatic heterocycles. The molecule has 0 saturated carbocycles. The first-order chi connectivity index (χ1) is 11.1. The van der Waals surface area contributed by atoms with Gasteiger partial charge in [0.05, 0.1) is 0 Å². The van der Waals surface area contributed by atoms with E-state index >= 15 is 0 Å². The van der Waals surface area contributed by atoms with Crippen LogP contribution in [0.25, 0.3) is 0 Å². The molecule has 1 atom stereocenters. The molecule has 1 heterocycles. The first-order valence-corrected chi connectivity index (χ1v) is 7.52. The molecular weight excluding hydrogens is 348 g/mol. The monoisotopic (exact) mass is 362 g/mol. The predicted octanol–water partition coefficient (Wildman–Crippen LogP) is 2.60. The fourth-order valence-corrected chi connectivity index (χ4v) is 3.15. The van der Waals surface area contributed by atoms with Crippen molar-refractivity contribution in [3.63, 3.8) is 0 Å². The highest BCUT2D eigenvalue weighted by atomic mass is 32.2. The number of nitrogens with two attached hydrogens (primary N) is 2. The Labute approximate surface area is 139 Å². The standard InChI is InChI=1S/C14H14F4N4OS/c1-22-13(24-8-4-2-7(15)3-5-8)11(9(19)6-10(20)23)12(21-22)14(16,17)18/h2-5,9H,6,19H2,1H3,(H2,20,23). The van der Waals surface area contributed by atoms with Crippen molar-refractivity contribution in [2.45, 2.75) is 28.6 Å². The number of alkyl halides is 3. The van der Waals surface area contributed by atoms with Gasteiger partial charge in [-0.05, 0) is 24.3 Å². The number of carbonyl (C=O) groups excluding carboxylic acids is 1. The van der Waals surface area contributed by atoms with Crippen molar-refractivity contribution in [2.24, 2.45) is 18.5 Å². The zero-order chi connectivity index (χ0) is 18.1. The van der Waals surface area contributed by atoms with Crippen molar-refractivity contribution in [3.8, 4) is 0 Å². The number of primary amides is 1. The van der Waals surface area contributed by atoms with E-state index in [2.05, 4.69) is 5.10 Å². The second-order valence-corrected chi connectivity index (χ2v) is 6.08. The lowest BCUT2D eigenvalue weighted by Crippen LogP contribution is -2.23. The Hall–Kier alpha value is -2.07. The highest BCUT2D eigenvalue weighted by molar-refractivity contribution is 7.99. The zero-order valence-electron chi connectivity index (χ0n) is 12.5. The summed E-state index contributed by atoms with van der Waals surface area (Å²) in [4.78, 5) is 11.5. The van der Waals surface area contributed by atoms with Gasteiger partial charge in [0.25, 0.3) is 0 Å². The minimum Gasteiger partial charge on any atom is -0.370 e. The third-order valence-electron chi connectivity index (χ3n) is 3.12. The third kappa shape index (κ3) is 4.06. The van der Waals surface area contributed by atoms with E-state index in [0.717, 1.165) is 16.4 Å². The zero-order valence-corrected chi connectivity index (χ0v) is 13.3. The minimum absolute atomic E-state index is 0.114. The molecule has 10 heteroatoms. The first kappa shape index (κ1) is 18.3. The predicted molar refractivity (Wildman–Crippen MR) is 79.5 cm³/mol. The fraction of sp³-hybridized carbons (Fsp3) is 0.286. The summed E-state index contributed by atoms with van der Waals surface area (Å²) in [5.41, 5.74) is 9.33. The van der Waals surface area contributed by atoms with Crippen molar-refractivity contribution in [1.82, 2.24) is 9.78 Å². The molecule has 0 fully saturated rings. The van der Waals surface area contributed by atoms with E-state index in [1.807, 2.05) is 0 Å².